The lowest BCUT2D eigenvalue weighted by molar-refractivity contribution is 0.102. The van der Waals surface area contributed by atoms with E-state index in [1.807, 2.05) is 42.9 Å². The molecule has 1 aliphatic heterocycles. The summed E-state index contributed by atoms with van der Waals surface area (Å²) in [6, 6.07) is 13.0. The van der Waals surface area contributed by atoms with Gasteiger partial charge in [0.2, 0.25) is 0 Å². The number of nitrogens with zero attached hydrogens (tertiary/aromatic N) is 5. The first-order valence-corrected chi connectivity index (χ1v) is 11.8. The first kappa shape index (κ1) is 22.8. The predicted octanol–water partition coefficient (Wildman–Crippen LogP) is 3.38. The van der Waals surface area contributed by atoms with Crippen LogP contribution in [0.4, 0.5) is 17.2 Å². The number of hydrogen-bond donors (Lipinski definition) is 3. The van der Waals surface area contributed by atoms with Crippen molar-refractivity contribution in [1.29, 1.82) is 0 Å². The van der Waals surface area contributed by atoms with Gasteiger partial charge in [-0.25, -0.2) is 9.97 Å². The number of nitrogens with two attached hydrogens (primary N) is 1. The highest BCUT2D eigenvalue weighted by Crippen LogP contribution is 2.35. The van der Waals surface area contributed by atoms with Gasteiger partial charge in [-0.05, 0) is 62.1 Å². The summed E-state index contributed by atoms with van der Waals surface area (Å²) in [6.45, 7) is 3.80. The van der Waals surface area contributed by atoms with Crippen molar-refractivity contribution < 1.29 is 9.90 Å². The summed E-state index contributed by atoms with van der Waals surface area (Å²) in [6.07, 6.45) is 3.46. The van der Waals surface area contributed by atoms with E-state index in [9.17, 15) is 9.90 Å². The molecule has 1 aliphatic rings. The number of piperidine rings is 1. The second-order valence-corrected chi connectivity index (χ2v) is 9.04. The van der Waals surface area contributed by atoms with Gasteiger partial charge in [-0.15, -0.1) is 0 Å². The molecule has 4 heterocycles. The number of fused-ring (bicyclic) bond motifs is 1. The lowest BCUT2D eigenvalue weighted by Crippen LogP contribution is -2.35. The molecule has 1 fully saturated rings. The zero-order valence-corrected chi connectivity index (χ0v) is 19.9. The number of nitrogen functional groups attached to an aromatic ring is 1. The summed E-state index contributed by atoms with van der Waals surface area (Å²) in [5.41, 5.74) is 11.0. The van der Waals surface area contributed by atoms with E-state index >= 15 is 0 Å². The van der Waals surface area contributed by atoms with Gasteiger partial charge in [-0.2, -0.15) is 5.10 Å². The quantitative estimate of drug-likeness (QED) is 0.408. The Bertz CT molecular complexity index is 1370. The zero-order chi connectivity index (χ0) is 24.5. The van der Waals surface area contributed by atoms with Gasteiger partial charge >= 0.3 is 0 Å². The van der Waals surface area contributed by atoms with Gasteiger partial charge in [0.15, 0.2) is 0 Å². The maximum Gasteiger partial charge on any atom is 0.274 e. The van der Waals surface area contributed by atoms with E-state index in [1.165, 1.54) is 0 Å². The number of rotatable bonds is 5. The van der Waals surface area contributed by atoms with Crippen LogP contribution in [0.25, 0.3) is 22.2 Å². The summed E-state index contributed by atoms with van der Waals surface area (Å²) in [5, 5.41) is 18.2. The van der Waals surface area contributed by atoms with Crippen molar-refractivity contribution in [1.82, 2.24) is 19.7 Å². The largest absolute Gasteiger partial charge is 0.396 e. The highest BCUT2D eigenvalue weighted by molar-refractivity contribution is 6.07. The van der Waals surface area contributed by atoms with Crippen LogP contribution in [0.2, 0.25) is 0 Å². The summed E-state index contributed by atoms with van der Waals surface area (Å²) in [5.74, 6) is 0.462. The normalized spacial score (nSPS) is 14.4. The van der Waals surface area contributed by atoms with Crippen LogP contribution in [0, 0.1) is 12.8 Å². The van der Waals surface area contributed by atoms with E-state index < -0.39 is 0 Å². The van der Waals surface area contributed by atoms with E-state index in [4.69, 9.17) is 5.73 Å². The molecule has 0 spiro atoms. The number of aryl methyl sites for hydroxylation is 2. The van der Waals surface area contributed by atoms with Gasteiger partial charge in [0.25, 0.3) is 5.91 Å². The van der Waals surface area contributed by atoms with Crippen molar-refractivity contribution in [2.24, 2.45) is 13.0 Å². The molecule has 0 aliphatic carbocycles. The third kappa shape index (κ3) is 4.54. The Morgan fingerprint density at radius 2 is 2.00 bits per heavy atom. The number of benzene rings is 1. The molecule has 9 nitrogen and oxygen atoms in total. The molecule has 180 valence electrons. The first-order valence-electron chi connectivity index (χ1n) is 11.8. The number of amides is 1. The van der Waals surface area contributed by atoms with E-state index in [-0.39, 0.29) is 12.5 Å². The summed E-state index contributed by atoms with van der Waals surface area (Å²) >= 11 is 0. The molecule has 9 heteroatoms. The van der Waals surface area contributed by atoms with Gasteiger partial charge < -0.3 is 21.1 Å². The minimum absolute atomic E-state index is 0.211. The van der Waals surface area contributed by atoms with Crippen LogP contribution >= 0.6 is 0 Å². The molecule has 1 saturated heterocycles. The maximum absolute atomic E-state index is 13.3. The van der Waals surface area contributed by atoms with Gasteiger partial charge in [0.05, 0.1) is 28.3 Å². The Hall–Kier alpha value is -3.98. The summed E-state index contributed by atoms with van der Waals surface area (Å²) in [4.78, 5) is 24.3. The SMILES string of the molecule is Cc1nn(C)c2cc(N3CCC(CO)CC3)c(NC(=O)c3cccc(-c4ccc(N)nc4)n3)cc12. The average Bonchev–Trinajstić information content (AvgIpc) is 3.16. The van der Waals surface area contributed by atoms with Crippen LogP contribution in [-0.4, -0.2) is 50.5 Å². The highest BCUT2D eigenvalue weighted by atomic mass is 16.3. The van der Waals surface area contributed by atoms with Crippen molar-refractivity contribution in [3.63, 3.8) is 0 Å². The molecule has 1 amide bonds. The van der Waals surface area contributed by atoms with Crippen LogP contribution in [0.15, 0.2) is 48.7 Å². The monoisotopic (exact) mass is 471 g/mol. The van der Waals surface area contributed by atoms with Crippen LogP contribution in [0.3, 0.4) is 0 Å². The fourth-order valence-electron chi connectivity index (χ4n) is 4.65. The number of aliphatic hydroxyl groups excluding tert-OH is 1. The minimum Gasteiger partial charge on any atom is -0.396 e. The maximum atomic E-state index is 13.3. The van der Waals surface area contributed by atoms with Crippen LogP contribution in [0.1, 0.15) is 29.0 Å². The van der Waals surface area contributed by atoms with Crippen LogP contribution < -0.4 is 16.0 Å². The molecule has 0 radical (unpaired) electrons. The zero-order valence-electron chi connectivity index (χ0n) is 19.9. The van der Waals surface area contributed by atoms with Crippen molar-refractivity contribution in [3.8, 4) is 11.3 Å². The highest BCUT2D eigenvalue weighted by Gasteiger charge is 2.23. The first-order chi connectivity index (χ1) is 16.9. The number of aliphatic hydroxyl groups is 1. The van der Waals surface area contributed by atoms with E-state index in [0.717, 1.165) is 59.5 Å². The Morgan fingerprint density at radius 1 is 1.20 bits per heavy atom. The Morgan fingerprint density at radius 3 is 2.71 bits per heavy atom. The van der Waals surface area contributed by atoms with E-state index in [0.29, 0.717) is 23.1 Å². The molecule has 0 bridgehead atoms. The lowest BCUT2D eigenvalue weighted by Gasteiger charge is -2.34. The molecule has 0 saturated carbocycles. The number of hydrogen-bond acceptors (Lipinski definition) is 7. The van der Waals surface area contributed by atoms with Crippen molar-refractivity contribution in [3.05, 3.63) is 60.0 Å². The topological polar surface area (TPSA) is 122 Å². The molecule has 0 unspecified atom stereocenters. The van der Waals surface area contributed by atoms with Gasteiger partial charge in [-0.1, -0.05) is 6.07 Å². The second-order valence-electron chi connectivity index (χ2n) is 9.04. The fraction of sp³-hybridized carbons (Fsp3) is 0.308. The Labute approximate surface area is 203 Å². The van der Waals surface area contributed by atoms with Crippen LogP contribution in [-0.2, 0) is 7.05 Å². The molecule has 4 N–H and O–H groups in total. The Balaban J connectivity index is 1.48. The molecule has 3 aromatic heterocycles. The molecule has 5 rings (SSSR count). The molecule has 0 atom stereocenters. The number of nitrogens with one attached hydrogen (secondary N) is 1. The summed E-state index contributed by atoms with van der Waals surface area (Å²) < 4.78 is 1.87. The lowest BCUT2D eigenvalue weighted by atomic mass is 9.97. The van der Waals surface area contributed by atoms with Gasteiger partial charge in [-0.3, -0.25) is 9.48 Å². The molecule has 4 aromatic rings. The molecular formula is C26H29N7O2. The van der Waals surface area contributed by atoms with E-state index in [1.54, 1.807) is 18.3 Å². The number of carbonyl (C=O) groups is 1. The average molecular weight is 472 g/mol. The third-order valence-electron chi connectivity index (χ3n) is 6.68. The number of carbonyl (C=O) groups excluding carboxylic acids is 1. The van der Waals surface area contributed by atoms with Gasteiger partial charge in [0, 0.05) is 43.9 Å². The number of pyridine rings is 2. The van der Waals surface area contributed by atoms with E-state index in [2.05, 4.69) is 31.3 Å². The molecule has 35 heavy (non-hydrogen) atoms. The number of anilines is 3. The Kier molecular flexibility index (Phi) is 6.08. The molecule has 1 aromatic carbocycles. The smallest absolute Gasteiger partial charge is 0.274 e. The van der Waals surface area contributed by atoms with Crippen molar-refractivity contribution >= 4 is 34.0 Å². The van der Waals surface area contributed by atoms with Crippen molar-refractivity contribution in [2.75, 3.05) is 35.6 Å². The number of aromatic nitrogens is 4. The van der Waals surface area contributed by atoms with Crippen molar-refractivity contribution in [2.45, 2.75) is 19.8 Å². The second kappa shape index (κ2) is 9.34. The molecular weight excluding hydrogens is 442 g/mol. The standard InChI is InChI=1S/C26H29N7O2/c1-16-19-12-22(24(13-23(19)32(2)31-16)33-10-8-17(15-34)9-11-33)30-26(35)21-5-3-4-20(29-21)18-6-7-25(27)28-14-18/h3-7,12-14,17,34H,8-11,15H2,1-2H3,(H2,27,28)(H,30,35). The minimum atomic E-state index is -0.289. The van der Waals surface area contributed by atoms with Gasteiger partial charge in [0.1, 0.15) is 11.5 Å². The van der Waals surface area contributed by atoms with Crippen LogP contribution in [0.5, 0.6) is 0 Å². The summed E-state index contributed by atoms with van der Waals surface area (Å²) in [7, 11) is 1.93. The third-order valence-corrected chi connectivity index (χ3v) is 6.68. The predicted molar refractivity (Wildman–Crippen MR) is 137 cm³/mol. The fourth-order valence-corrected chi connectivity index (χ4v) is 4.65.